The van der Waals surface area contributed by atoms with Crippen molar-refractivity contribution in [2.75, 3.05) is 7.11 Å². The second kappa shape index (κ2) is 8.92. The Labute approximate surface area is 222 Å². The fraction of sp³-hybridized carbons (Fsp3) is 0.207. The molecule has 0 unspecified atom stereocenters. The molecular formula is C29H24BrNO4S. The van der Waals surface area contributed by atoms with E-state index in [0.717, 1.165) is 20.5 Å². The van der Waals surface area contributed by atoms with Crippen LogP contribution in [0.3, 0.4) is 0 Å². The number of thioether (sulfide) groups is 1. The molecule has 0 radical (unpaired) electrons. The first-order valence-corrected chi connectivity index (χ1v) is 13.3. The fourth-order valence-corrected chi connectivity index (χ4v) is 7.52. The van der Waals surface area contributed by atoms with E-state index in [1.807, 2.05) is 84.9 Å². The highest BCUT2D eigenvalue weighted by molar-refractivity contribution is 9.10. The number of nitrogens with zero attached hydrogens (tertiary/aromatic N) is 1. The highest BCUT2D eigenvalue weighted by atomic mass is 79.9. The summed E-state index contributed by atoms with van der Waals surface area (Å²) in [4.78, 5) is 5.28. The lowest BCUT2D eigenvalue weighted by molar-refractivity contribution is -0.149. The molecule has 1 saturated carbocycles. The van der Waals surface area contributed by atoms with Crippen LogP contribution in [0.1, 0.15) is 22.6 Å². The molecule has 0 saturated heterocycles. The lowest BCUT2D eigenvalue weighted by Crippen LogP contribution is -2.52. The predicted molar refractivity (Wildman–Crippen MR) is 142 cm³/mol. The molecule has 1 aliphatic heterocycles. The molecule has 182 valence electrons. The second-order valence-corrected chi connectivity index (χ2v) is 11.2. The molecule has 5 atom stereocenters. The summed E-state index contributed by atoms with van der Waals surface area (Å²) < 4.78 is 13.4. The lowest BCUT2D eigenvalue weighted by atomic mass is 9.71. The van der Waals surface area contributed by atoms with Crippen LogP contribution in [0, 0.1) is 0 Å². The number of aromatic nitrogens is 1. The van der Waals surface area contributed by atoms with Gasteiger partial charge in [-0.15, -0.1) is 11.8 Å². The number of hydrogen-bond donors (Lipinski definition) is 2. The van der Waals surface area contributed by atoms with E-state index in [9.17, 15) is 10.2 Å². The molecule has 1 fully saturated rings. The van der Waals surface area contributed by atoms with E-state index < -0.39 is 28.5 Å². The zero-order chi connectivity index (χ0) is 24.9. The van der Waals surface area contributed by atoms with E-state index in [2.05, 4.69) is 20.9 Å². The Morgan fingerprint density at radius 3 is 2.28 bits per heavy atom. The standard InChI is InChI=1S/C29H24BrNO4S/c1-34-22-16-31-17-23-25(22)28(33)27(32)26(36-21-10-6-3-7-11-21)24(18-8-4-2-5-9-18)29(28,35-23)19-12-14-20(30)15-13-19/h2-17,24,26-27,32-33H,1H3/t24-,26-,27-,28+,29+/m1/s1. The maximum atomic E-state index is 12.8. The van der Waals surface area contributed by atoms with Crippen LogP contribution in [-0.4, -0.2) is 33.7 Å². The molecule has 1 aliphatic carbocycles. The molecular weight excluding hydrogens is 538 g/mol. The molecule has 5 nitrogen and oxygen atoms in total. The smallest absolute Gasteiger partial charge is 0.178 e. The highest BCUT2D eigenvalue weighted by Crippen LogP contribution is 2.70. The molecule has 36 heavy (non-hydrogen) atoms. The molecule has 0 amide bonds. The number of hydrogen-bond acceptors (Lipinski definition) is 6. The number of benzene rings is 3. The Morgan fingerprint density at radius 2 is 1.61 bits per heavy atom. The van der Waals surface area contributed by atoms with E-state index in [0.29, 0.717) is 17.1 Å². The van der Waals surface area contributed by atoms with Crippen LogP contribution in [0.15, 0.2) is 107 Å². The van der Waals surface area contributed by atoms with Crippen molar-refractivity contribution in [3.63, 3.8) is 0 Å². The van der Waals surface area contributed by atoms with Gasteiger partial charge < -0.3 is 19.7 Å². The minimum absolute atomic E-state index is 0.380. The van der Waals surface area contributed by atoms with Gasteiger partial charge in [0.2, 0.25) is 0 Å². The number of fused-ring (bicyclic) bond motifs is 3. The van der Waals surface area contributed by atoms with Crippen molar-refractivity contribution in [2.24, 2.45) is 0 Å². The molecule has 2 aliphatic rings. The maximum absolute atomic E-state index is 12.8. The molecule has 4 aromatic rings. The van der Waals surface area contributed by atoms with Gasteiger partial charge >= 0.3 is 0 Å². The van der Waals surface area contributed by atoms with Gasteiger partial charge in [-0.2, -0.15) is 0 Å². The van der Waals surface area contributed by atoms with Gasteiger partial charge in [0.15, 0.2) is 11.2 Å². The van der Waals surface area contributed by atoms with Crippen LogP contribution in [0.2, 0.25) is 0 Å². The zero-order valence-electron chi connectivity index (χ0n) is 19.4. The first-order valence-electron chi connectivity index (χ1n) is 11.7. The lowest BCUT2D eigenvalue weighted by Gasteiger charge is -2.40. The van der Waals surface area contributed by atoms with Crippen LogP contribution >= 0.6 is 27.7 Å². The maximum Gasteiger partial charge on any atom is 0.178 e. The van der Waals surface area contributed by atoms with Gasteiger partial charge in [-0.05, 0) is 35.4 Å². The third-order valence-electron chi connectivity index (χ3n) is 7.27. The highest BCUT2D eigenvalue weighted by Gasteiger charge is 2.77. The van der Waals surface area contributed by atoms with Crippen LogP contribution in [0.4, 0.5) is 0 Å². The number of aliphatic hydroxyl groups is 2. The number of aliphatic hydroxyl groups excluding tert-OH is 1. The van der Waals surface area contributed by atoms with Crippen molar-refractivity contribution in [3.8, 4) is 11.5 Å². The molecule has 3 aromatic carbocycles. The average molecular weight is 562 g/mol. The summed E-state index contributed by atoms with van der Waals surface area (Å²) in [6.45, 7) is 0. The Balaban J connectivity index is 1.66. The topological polar surface area (TPSA) is 71.8 Å². The van der Waals surface area contributed by atoms with Gasteiger partial charge in [0.05, 0.1) is 25.1 Å². The average Bonchev–Trinajstić information content (AvgIpc) is 3.28. The molecule has 0 spiro atoms. The predicted octanol–water partition coefficient (Wildman–Crippen LogP) is 5.65. The molecule has 2 heterocycles. The van der Waals surface area contributed by atoms with Gasteiger partial charge in [0.1, 0.15) is 17.6 Å². The zero-order valence-corrected chi connectivity index (χ0v) is 21.8. The summed E-state index contributed by atoms with van der Waals surface area (Å²) in [7, 11) is 1.53. The quantitative estimate of drug-likeness (QED) is 0.328. The van der Waals surface area contributed by atoms with E-state index in [-0.39, 0.29) is 0 Å². The fourth-order valence-electron chi connectivity index (χ4n) is 5.82. The number of pyridine rings is 1. The van der Waals surface area contributed by atoms with Crippen molar-refractivity contribution >= 4 is 27.7 Å². The second-order valence-electron chi connectivity index (χ2n) is 9.05. The number of ether oxygens (including phenoxy) is 2. The first-order chi connectivity index (χ1) is 17.5. The van der Waals surface area contributed by atoms with Crippen LogP contribution in [0.5, 0.6) is 11.5 Å². The number of halogens is 1. The normalized spacial score (nSPS) is 28.3. The Morgan fingerprint density at radius 1 is 0.944 bits per heavy atom. The van der Waals surface area contributed by atoms with Crippen LogP contribution in [-0.2, 0) is 11.2 Å². The minimum atomic E-state index is -1.81. The largest absolute Gasteiger partial charge is 0.495 e. The summed E-state index contributed by atoms with van der Waals surface area (Å²) in [6.07, 6.45) is 1.96. The van der Waals surface area contributed by atoms with Crippen molar-refractivity contribution in [3.05, 3.63) is 118 Å². The van der Waals surface area contributed by atoms with Crippen molar-refractivity contribution < 1.29 is 19.7 Å². The summed E-state index contributed by atoms with van der Waals surface area (Å²) in [5.74, 6) is 0.371. The van der Waals surface area contributed by atoms with E-state index in [1.165, 1.54) is 7.11 Å². The molecule has 7 heteroatoms. The molecule has 6 rings (SSSR count). The summed E-state index contributed by atoms with van der Waals surface area (Å²) in [5, 5.41) is 24.5. The summed E-state index contributed by atoms with van der Waals surface area (Å²) >= 11 is 5.08. The van der Waals surface area contributed by atoms with Crippen LogP contribution in [0.25, 0.3) is 0 Å². The summed E-state index contributed by atoms with van der Waals surface area (Å²) in [5.41, 5.74) is -0.997. The van der Waals surface area contributed by atoms with Gasteiger partial charge in [0, 0.05) is 20.5 Å². The van der Waals surface area contributed by atoms with E-state index >= 15 is 0 Å². The number of methoxy groups -OCH3 is 1. The van der Waals surface area contributed by atoms with E-state index in [4.69, 9.17) is 9.47 Å². The van der Waals surface area contributed by atoms with Gasteiger partial charge in [-0.3, -0.25) is 4.98 Å². The van der Waals surface area contributed by atoms with Crippen molar-refractivity contribution in [1.82, 2.24) is 4.98 Å². The van der Waals surface area contributed by atoms with E-state index in [1.54, 1.807) is 24.2 Å². The minimum Gasteiger partial charge on any atom is -0.495 e. The van der Waals surface area contributed by atoms with Gasteiger partial charge in [-0.1, -0.05) is 76.6 Å². The third kappa shape index (κ3) is 3.27. The first kappa shape index (κ1) is 23.6. The van der Waals surface area contributed by atoms with Gasteiger partial charge in [-0.25, -0.2) is 0 Å². The Hall–Kier alpha value is -2.84. The Kier molecular flexibility index (Phi) is 5.84. The Bertz CT molecular complexity index is 1390. The van der Waals surface area contributed by atoms with Crippen molar-refractivity contribution in [1.29, 1.82) is 0 Å². The third-order valence-corrected chi connectivity index (χ3v) is 9.14. The number of rotatable bonds is 5. The molecule has 2 N–H and O–H groups in total. The van der Waals surface area contributed by atoms with Crippen molar-refractivity contribution in [2.45, 2.75) is 33.4 Å². The SMILES string of the molecule is COc1cncc2c1[C@]1(O)[C@H](O)[C@H](Sc3ccccc3)[C@@H](c3ccccc3)[C@]1(c1ccc(Br)cc1)O2. The molecule has 1 aromatic heterocycles. The molecule has 0 bridgehead atoms. The summed E-state index contributed by atoms with van der Waals surface area (Å²) in [6, 6.07) is 27.7. The van der Waals surface area contributed by atoms with Gasteiger partial charge in [0.25, 0.3) is 0 Å². The van der Waals surface area contributed by atoms with Crippen LogP contribution < -0.4 is 9.47 Å². The monoisotopic (exact) mass is 561 g/mol.